The molecule has 0 saturated heterocycles. The topological polar surface area (TPSA) is 29.1 Å². The first-order chi connectivity index (χ1) is 5.72. The Morgan fingerprint density at radius 3 is 2.92 bits per heavy atom. The van der Waals surface area contributed by atoms with E-state index in [0.29, 0.717) is 12.3 Å². The molecular formula is C9H10BrNO. The van der Waals surface area contributed by atoms with Gasteiger partial charge in [0.05, 0.1) is 0 Å². The van der Waals surface area contributed by atoms with Crippen molar-refractivity contribution in [1.29, 1.82) is 0 Å². The maximum atomic E-state index is 10.2. The molecule has 64 valence electrons. The molecule has 1 amide bonds. The molecule has 0 aromatic rings. The number of halogens is 1. The second-order valence-electron chi connectivity index (χ2n) is 2.63. The summed E-state index contributed by atoms with van der Waals surface area (Å²) < 4.78 is 1.04. The first-order valence-corrected chi connectivity index (χ1v) is 4.49. The lowest BCUT2D eigenvalue weighted by Crippen LogP contribution is -2.08. The monoisotopic (exact) mass is 227 g/mol. The average Bonchev–Trinajstić information content (AvgIpc) is 2.13. The fourth-order valence-electron chi connectivity index (χ4n) is 1.03. The number of carbonyl (C=O) groups is 1. The third kappa shape index (κ3) is 2.66. The molecule has 3 heteroatoms. The third-order valence-electron chi connectivity index (χ3n) is 1.51. The van der Waals surface area contributed by atoms with Crippen LogP contribution in [0.15, 0.2) is 34.5 Å². The minimum atomic E-state index is 0.330. The summed E-state index contributed by atoms with van der Waals surface area (Å²) in [5, 5.41) is 2.62. The molecule has 2 nitrogen and oxygen atoms in total. The summed E-state index contributed by atoms with van der Waals surface area (Å²) in [6.45, 7) is 2.06. The third-order valence-corrected chi connectivity index (χ3v) is 2.04. The number of hydrogen-bond acceptors (Lipinski definition) is 1. The van der Waals surface area contributed by atoms with E-state index in [0.717, 1.165) is 10.2 Å². The first-order valence-electron chi connectivity index (χ1n) is 3.70. The Labute approximate surface area is 80.2 Å². The van der Waals surface area contributed by atoms with Crippen molar-refractivity contribution in [3.05, 3.63) is 34.5 Å². The summed E-state index contributed by atoms with van der Waals surface area (Å²) in [5.74, 6) is 0.330. The SMILES string of the molecule is CC1C=C(Br)C=CC(NC=O)=C1. The minimum absolute atomic E-state index is 0.330. The van der Waals surface area contributed by atoms with Crippen LogP contribution in [-0.4, -0.2) is 6.41 Å². The van der Waals surface area contributed by atoms with Crippen LogP contribution in [-0.2, 0) is 4.79 Å². The Kier molecular flexibility index (Phi) is 3.29. The van der Waals surface area contributed by atoms with E-state index < -0.39 is 0 Å². The summed E-state index contributed by atoms with van der Waals surface area (Å²) in [5.41, 5.74) is 0.836. The molecular weight excluding hydrogens is 218 g/mol. The molecule has 0 saturated carbocycles. The maximum Gasteiger partial charge on any atom is 0.211 e. The summed E-state index contributed by atoms with van der Waals surface area (Å²) in [6.07, 6.45) is 8.50. The van der Waals surface area contributed by atoms with Gasteiger partial charge in [0.25, 0.3) is 0 Å². The van der Waals surface area contributed by atoms with Crippen molar-refractivity contribution in [2.24, 2.45) is 5.92 Å². The zero-order chi connectivity index (χ0) is 8.97. The molecule has 1 atom stereocenters. The van der Waals surface area contributed by atoms with Crippen LogP contribution in [0, 0.1) is 5.92 Å². The second-order valence-corrected chi connectivity index (χ2v) is 3.54. The molecule has 1 N–H and O–H groups in total. The average molecular weight is 228 g/mol. The Hall–Kier alpha value is -0.830. The van der Waals surface area contributed by atoms with Crippen LogP contribution >= 0.6 is 15.9 Å². The molecule has 0 radical (unpaired) electrons. The van der Waals surface area contributed by atoms with Gasteiger partial charge in [-0.3, -0.25) is 4.79 Å². The van der Waals surface area contributed by atoms with Gasteiger partial charge in [0.15, 0.2) is 0 Å². The molecule has 0 aromatic carbocycles. The van der Waals surface area contributed by atoms with Crippen LogP contribution in [0.25, 0.3) is 0 Å². The first kappa shape index (κ1) is 9.26. The molecule has 0 fully saturated rings. The van der Waals surface area contributed by atoms with E-state index in [9.17, 15) is 4.79 Å². The van der Waals surface area contributed by atoms with E-state index in [4.69, 9.17) is 0 Å². The highest BCUT2D eigenvalue weighted by atomic mass is 79.9. The maximum absolute atomic E-state index is 10.2. The highest BCUT2D eigenvalue weighted by molar-refractivity contribution is 9.11. The number of allylic oxidation sites excluding steroid dienone is 5. The Morgan fingerprint density at radius 2 is 2.25 bits per heavy atom. The van der Waals surface area contributed by atoms with Crippen molar-refractivity contribution in [3.8, 4) is 0 Å². The van der Waals surface area contributed by atoms with Gasteiger partial charge in [-0.15, -0.1) is 0 Å². The van der Waals surface area contributed by atoms with Crippen molar-refractivity contribution in [1.82, 2.24) is 5.32 Å². The summed E-state index contributed by atoms with van der Waals surface area (Å²) in [4.78, 5) is 10.2. The summed E-state index contributed by atoms with van der Waals surface area (Å²) in [7, 11) is 0. The van der Waals surface area contributed by atoms with Gasteiger partial charge in [0, 0.05) is 10.2 Å². The number of carbonyl (C=O) groups excluding carboxylic acids is 1. The molecule has 0 bridgehead atoms. The quantitative estimate of drug-likeness (QED) is 0.720. The van der Waals surface area contributed by atoms with Crippen LogP contribution in [0.2, 0.25) is 0 Å². The molecule has 1 rings (SSSR count). The lowest BCUT2D eigenvalue weighted by molar-refractivity contribution is -0.108. The number of nitrogens with one attached hydrogen (secondary N) is 1. The zero-order valence-electron chi connectivity index (χ0n) is 6.75. The lowest BCUT2D eigenvalue weighted by atomic mass is 10.1. The molecule has 1 aliphatic carbocycles. The van der Waals surface area contributed by atoms with E-state index in [1.54, 1.807) is 0 Å². The smallest absolute Gasteiger partial charge is 0.211 e. The van der Waals surface area contributed by atoms with Crippen LogP contribution in [0.4, 0.5) is 0 Å². The van der Waals surface area contributed by atoms with Crippen molar-refractivity contribution >= 4 is 22.3 Å². The fourth-order valence-corrected chi connectivity index (χ4v) is 1.58. The largest absolute Gasteiger partial charge is 0.329 e. The zero-order valence-corrected chi connectivity index (χ0v) is 8.34. The van der Waals surface area contributed by atoms with Gasteiger partial charge in [0.2, 0.25) is 6.41 Å². The Balaban J connectivity index is 2.79. The minimum Gasteiger partial charge on any atom is -0.329 e. The highest BCUT2D eigenvalue weighted by Crippen LogP contribution is 2.17. The van der Waals surface area contributed by atoms with E-state index in [1.165, 1.54) is 0 Å². The lowest BCUT2D eigenvalue weighted by Gasteiger charge is -2.00. The predicted octanol–water partition coefficient (Wildman–Crippen LogP) is 2.10. The Bertz CT molecular complexity index is 266. The van der Waals surface area contributed by atoms with Gasteiger partial charge in [-0.2, -0.15) is 0 Å². The molecule has 0 spiro atoms. The summed E-state index contributed by atoms with van der Waals surface area (Å²) in [6, 6.07) is 0. The van der Waals surface area contributed by atoms with Crippen LogP contribution < -0.4 is 5.32 Å². The van der Waals surface area contributed by atoms with Crippen LogP contribution in [0.3, 0.4) is 0 Å². The van der Waals surface area contributed by atoms with Gasteiger partial charge in [0.1, 0.15) is 0 Å². The van der Waals surface area contributed by atoms with Crippen LogP contribution in [0.1, 0.15) is 6.92 Å². The van der Waals surface area contributed by atoms with Gasteiger partial charge in [-0.1, -0.05) is 35.0 Å². The number of rotatable bonds is 2. The molecule has 0 heterocycles. The van der Waals surface area contributed by atoms with Crippen LogP contribution in [0.5, 0.6) is 0 Å². The van der Waals surface area contributed by atoms with Gasteiger partial charge in [-0.25, -0.2) is 0 Å². The van der Waals surface area contributed by atoms with Gasteiger partial charge < -0.3 is 5.32 Å². The van der Waals surface area contributed by atoms with Gasteiger partial charge in [-0.05, 0) is 18.1 Å². The standard InChI is InChI=1S/C9H10BrNO/c1-7-4-8(10)2-3-9(5-7)11-6-12/h2-7H,1H3,(H,11,12). The van der Waals surface area contributed by atoms with Crippen molar-refractivity contribution in [2.75, 3.05) is 0 Å². The predicted molar refractivity (Wildman–Crippen MR) is 52.6 cm³/mol. The van der Waals surface area contributed by atoms with Crippen molar-refractivity contribution < 1.29 is 4.79 Å². The molecule has 0 aromatic heterocycles. The second kappa shape index (κ2) is 4.26. The molecule has 1 aliphatic rings. The van der Waals surface area contributed by atoms with E-state index in [1.807, 2.05) is 18.2 Å². The summed E-state index contributed by atoms with van der Waals surface area (Å²) >= 11 is 3.38. The molecule has 12 heavy (non-hydrogen) atoms. The fraction of sp³-hybridized carbons (Fsp3) is 0.222. The Morgan fingerprint density at radius 1 is 1.50 bits per heavy atom. The van der Waals surface area contributed by atoms with Crippen molar-refractivity contribution in [2.45, 2.75) is 6.92 Å². The highest BCUT2D eigenvalue weighted by Gasteiger charge is 2.01. The molecule has 1 unspecified atom stereocenters. The number of hydrogen-bond donors (Lipinski definition) is 1. The normalized spacial score (nSPS) is 22.3. The van der Waals surface area contributed by atoms with E-state index in [-0.39, 0.29) is 0 Å². The molecule has 0 aliphatic heterocycles. The van der Waals surface area contributed by atoms with E-state index in [2.05, 4.69) is 34.2 Å². The van der Waals surface area contributed by atoms with Crippen molar-refractivity contribution in [3.63, 3.8) is 0 Å². The van der Waals surface area contributed by atoms with E-state index >= 15 is 0 Å². The van der Waals surface area contributed by atoms with Gasteiger partial charge >= 0.3 is 0 Å². The number of amides is 1.